The number of nitrogens with zero attached hydrogens (tertiary/aromatic N) is 1. The Morgan fingerprint density at radius 2 is 1.90 bits per heavy atom. The number of carbonyl (C=O) groups excluding carboxylic acids is 1. The van der Waals surface area contributed by atoms with Crippen molar-refractivity contribution in [2.45, 2.75) is 18.7 Å². The molecule has 2 aromatic rings. The molecule has 0 aliphatic carbocycles. The minimum Gasteiger partial charge on any atom is -0.399 e. The first kappa shape index (κ1) is 14.0. The van der Waals surface area contributed by atoms with Crippen molar-refractivity contribution in [1.82, 2.24) is 0 Å². The predicted molar refractivity (Wildman–Crippen MR) is 89.4 cm³/mol. The SMILES string of the molecule is CCc1ccccc1N1C(=O)CS[C@@H]1c1ccc(N)cc1. The summed E-state index contributed by atoms with van der Waals surface area (Å²) in [6.45, 7) is 2.12. The van der Waals surface area contributed by atoms with Crippen LogP contribution < -0.4 is 10.6 Å². The maximum Gasteiger partial charge on any atom is 0.238 e. The van der Waals surface area contributed by atoms with Crippen LogP contribution in [0.3, 0.4) is 0 Å². The quantitative estimate of drug-likeness (QED) is 0.881. The number of hydrogen-bond acceptors (Lipinski definition) is 3. The highest BCUT2D eigenvalue weighted by atomic mass is 32.2. The number of thioether (sulfide) groups is 1. The molecule has 108 valence electrons. The van der Waals surface area contributed by atoms with Gasteiger partial charge in [-0.15, -0.1) is 11.8 Å². The Bertz CT molecular complexity index is 654. The van der Waals surface area contributed by atoms with Crippen molar-refractivity contribution in [1.29, 1.82) is 0 Å². The van der Waals surface area contributed by atoms with E-state index in [0.29, 0.717) is 5.75 Å². The molecule has 1 aliphatic heterocycles. The maximum absolute atomic E-state index is 12.4. The molecule has 1 heterocycles. The molecule has 0 spiro atoms. The van der Waals surface area contributed by atoms with Gasteiger partial charge >= 0.3 is 0 Å². The van der Waals surface area contributed by atoms with Crippen LogP contribution in [0.1, 0.15) is 23.4 Å². The van der Waals surface area contributed by atoms with Crippen molar-refractivity contribution in [2.75, 3.05) is 16.4 Å². The highest BCUT2D eigenvalue weighted by Gasteiger charge is 2.34. The molecule has 21 heavy (non-hydrogen) atoms. The molecule has 1 saturated heterocycles. The lowest BCUT2D eigenvalue weighted by atomic mass is 10.1. The summed E-state index contributed by atoms with van der Waals surface area (Å²) in [5.74, 6) is 0.690. The molecule has 0 radical (unpaired) electrons. The summed E-state index contributed by atoms with van der Waals surface area (Å²) in [5.41, 5.74) is 9.84. The molecular formula is C17H18N2OS. The first-order valence-electron chi connectivity index (χ1n) is 7.07. The molecule has 3 nitrogen and oxygen atoms in total. The zero-order valence-corrected chi connectivity index (χ0v) is 12.8. The topological polar surface area (TPSA) is 46.3 Å². The molecule has 0 bridgehead atoms. The summed E-state index contributed by atoms with van der Waals surface area (Å²) in [6, 6.07) is 15.9. The standard InChI is InChI=1S/C17H18N2OS/c1-2-12-5-3-4-6-15(12)19-16(20)11-21-17(19)13-7-9-14(18)10-8-13/h3-10,17H,2,11,18H2,1H3/t17-/m1/s1. The number of para-hydroxylation sites is 1. The number of hydrogen-bond donors (Lipinski definition) is 1. The fourth-order valence-corrected chi connectivity index (χ4v) is 3.81. The van der Waals surface area contributed by atoms with Gasteiger partial charge in [-0.3, -0.25) is 9.69 Å². The average molecular weight is 298 g/mol. The molecule has 1 fully saturated rings. The summed E-state index contributed by atoms with van der Waals surface area (Å²) in [7, 11) is 0. The number of rotatable bonds is 3. The van der Waals surface area contributed by atoms with Gasteiger partial charge in [0.25, 0.3) is 0 Å². The second kappa shape index (κ2) is 5.82. The molecule has 2 N–H and O–H groups in total. The fourth-order valence-electron chi connectivity index (χ4n) is 2.64. The summed E-state index contributed by atoms with van der Waals surface area (Å²) in [5, 5.41) is 0.0331. The Balaban J connectivity index is 2.01. The number of amides is 1. The summed E-state index contributed by atoms with van der Waals surface area (Å²) in [6.07, 6.45) is 0.916. The van der Waals surface area contributed by atoms with E-state index in [4.69, 9.17) is 5.73 Å². The van der Waals surface area contributed by atoms with Gasteiger partial charge in [0, 0.05) is 11.4 Å². The third kappa shape index (κ3) is 2.63. The zero-order valence-electron chi connectivity index (χ0n) is 12.0. The van der Waals surface area contributed by atoms with Crippen LogP contribution >= 0.6 is 11.8 Å². The molecule has 1 aliphatic rings. The minimum absolute atomic E-state index is 0.0331. The third-order valence-corrected chi connectivity index (χ3v) is 4.93. The first-order chi connectivity index (χ1) is 10.2. The second-order valence-electron chi connectivity index (χ2n) is 5.08. The van der Waals surface area contributed by atoms with Gasteiger partial charge in [0.15, 0.2) is 0 Å². The molecule has 3 rings (SSSR count). The summed E-state index contributed by atoms with van der Waals surface area (Å²) < 4.78 is 0. The van der Waals surface area contributed by atoms with Gasteiger partial charge in [0.05, 0.1) is 5.75 Å². The lowest BCUT2D eigenvalue weighted by Crippen LogP contribution is -2.28. The van der Waals surface area contributed by atoms with Crippen LogP contribution in [0, 0.1) is 0 Å². The van der Waals surface area contributed by atoms with Crippen molar-refractivity contribution in [3.05, 3.63) is 59.7 Å². The van der Waals surface area contributed by atoms with E-state index in [0.717, 1.165) is 23.4 Å². The van der Waals surface area contributed by atoms with Crippen molar-refractivity contribution in [2.24, 2.45) is 0 Å². The van der Waals surface area contributed by atoms with Gasteiger partial charge in [-0.2, -0.15) is 0 Å². The second-order valence-corrected chi connectivity index (χ2v) is 6.14. The lowest BCUT2D eigenvalue weighted by molar-refractivity contribution is -0.115. The highest BCUT2D eigenvalue weighted by Crippen LogP contribution is 2.42. The van der Waals surface area contributed by atoms with E-state index in [2.05, 4.69) is 13.0 Å². The van der Waals surface area contributed by atoms with Gasteiger partial charge in [0.2, 0.25) is 5.91 Å². The molecule has 0 saturated carbocycles. The smallest absolute Gasteiger partial charge is 0.238 e. The Morgan fingerprint density at radius 3 is 2.62 bits per heavy atom. The third-order valence-electron chi connectivity index (χ3n) is 3.72. The Hall–Kier alpha value is -1.94. The number of anilines is 2. The van der Waals surface area contributed by atoms with E-state index in [1.165, 1.54) is 5.56 Å². The largest absolute Gasteiger partial charge is 0.399 e. The van der Waals surface area contributed by atoms with E-state index < -0.39 is 0 Å². The van der Waals surface area contributed by atoms with E-state index in [-0.39, 0.29) is 11.3 Å². The Kier molecular flexibility index (Phi) is 3.88. The van der Waals surface area contributed by atoms with Crippen LogP contribution in [0.5, 0.6) is 0 Å². The number of benzene rings is 2. The molecule has 1 atom stereocenters. The maximum atomic E-state index is 12.4. The number of nitrogen functional groups attached to an aromatic ring is 1. The van der Waals surface area contributed by atoms with Crippen LogP contribution in [0.4, 0.5) is 11.4 Å². The number of nitrogens with two attached hydrogens (primary N) is 1. The lowest BCUT2D eigenvalue weighted by Gasteiger charge is -2.26. The van der Waals surface area contributed by atoms with Crippen LogP contribution in [0.15, 0.2) is 48.5 Å². The minimum atomic E-state index is 0.0331. The van der Waals surface area contributed by atoms with Crippen molar-refractivity contribution in [3.63, 3.8) is 0 Å². The summed E-state index contributed by atoms with van der Waals surface area (Å²) in [4.78, 5) is 14.3. The van der Waals surface area contributed by atoms with Crippen molar-refractivity contribution >= 4 is 29.0 Å². The van der Waals surface area contributed by atoms with E-state index in [9.17, 15) is 4.79 Å². The van der Waals surface area contributed by atoms with Gasteiger partial charge in [-0.05, 0) is 35.7 Å². The molecule has 2 aromatic carbocycles. The van der Waals surface area contributed by atoms with Crippen molar-refractivity contribution in [3.8, 4) is 0 Å². The van der Waals surface area contributed by atoms with E-state index >= 15 is 0 Å². The van der Waals surface area contributed by atoms with Crippen LogP contribution in [-0.2, 0) is 11.2 Å². The van der Waals surface area contributed by atoms with Crippen LogP contribution in [0.2, 0.25) is 0 Å². The number of aryl methyl sites for hydroxylation is 1. The van der Waals surface area contributed by atoms with Crippen LogP contribution in [0.25, 0.3) is 0 Å². The molecule has 0 unspecified atom stereocenters. The predicted octanol–water partition coefficient (Wildman–Crippen LogP) is 3.61. The fraction of sp³-hybridized carbons (Fsp3) is 0.235. The van der Waals surface area contributed by atoms with E-state index in [1.807, 2.05) is 47.4 Å². The molecule has 0 aromatic heterocycles. The van der Waals surface area contributed by atoms with Gasteiger partial charge in [-0.25, -0.2) is 0 Å². The summed E-state index contributed by atoms with van der Waals surface area (Å²) >= 11 is 1.67. The zero-order chi connectivity index (χ0) is 14.8. The monoisotopic (exact) mass is 298 g/mol. The van der Waals surface area contributed by atoms with E-state index in [1.54, 1.807) is 11.8 Å². The average Bonchev–Trinajstić information content (AvgIpc) is 2.89. The van der Waals surface area contributed by atoms with Crippen LogP contribution in [-0.4, -0.2) is 11.7 Å². The molecular weight excluding hydrogens is 280 g/mol. The van der Waals surface area contributed by atoms with Gasteiger partial charge in [0.1, 0.15) is 5.37 Å². The Morgan fingerprint density at radius 1 is 1.19 bits per heavy atom. The molecule has 4 heteroatoms. The number of carbonyl (C=O) groups is 1. The van der Waals surface area contributed by atoms with Gasteiger partial charge in [-0.1, -0.05) is 37.3 Å². The highest BCUT2D eigenvalue weighted by molar-refractivity contribution is 8.00. The van der Waals surface area contributed by atoms with Gasteiger partial charge < -0.3 is 5.73 Å². The Labute approximate surface area is 129 Å². The molecule has 1 amide bonds. The van der Waals surface area contributed by atoms with Crippen molar-refractivity contribution < 1.29 is 4.79 Å². The first-order valence-corrected chi connectivity index (χ1v) is 8.12. The normalized spacial score (nSPS) is 18.2.